The molecule has 2 atom stereocenters. The Hall–Kier alpha value is -2.00. The topological polar surface area (TPSA) is 122 Å². The van der Waals surface area contributed by atoms with Crippen molar-refractivity contribution in [3.8, 4) is 0 Å². The summed E-state index contributed by atoms with van der Waals surface area (Å²) in [6.45, 7) is 1.64. The maximum Gasteiger partial charge on any atom is 0.422 e. The summed E-state index contributed by atoms with van der Waals surface area (Å²) in [6.07, 6.45) is -5.47. The molecular weight excluding hydrogens is 271 g/mol. The van der Waals surface area contributed by atoms with Crippen LogP contribution in [0.15, 0.2) is 0 Å². The van der Waals surface area contributed by atoms with Gasteiger partial charge in [-0.25, -0.2) is 9.59 Å². The van der Waals surface area contributed by atoms with E-state index in [0.29, 0.717) is 6.92 Å². The van der Waals surface area contributed by atoms with Crippen LogP contribution in [-0.2, 0) is 9.59 Å². The molecule has 110 valence electrons. The molecule has 2 unspecified atom stereocenters. The average Bonchev–Trinajstić information content (AvgIpc) is 2.12. The number of amides is 3. The molecule has 0 rings (SSSR count). The Labute approximate surface area is 106 Å². The lowest BCUT2D eigenvalue weighted by Crippen LogP contribution is -2.64. The van der Waals surface area contributed by atoms with Crippen molar-refractivity contribution in [3.05, 3.63) is 0 Å². The summed E-state index contributed by atoms with van der Waals surface area (Å²) in [5.41, 5.74) is 1.40. The molecule has 0 aromatic rings. The summed E-state index contributed by atoms with van der Waals surface area (Å²) in [4.78, 5) is 32.4. The number of carbonyl (C=O) groups excluding carboxylic acids is 2. The minimum Gasteiger partial charge on any atom is -0.479 e. The number of halogens is 3. The zero-order valence-corrected chi connectivity index (χ0v) is 10.2. The lowest BCUT2D eigenvalue weighted by Gasteiger charge is -2.29. The van der Waals surface area contributed by atoms with Gasteiger partial charge in [0.1, 0.15) is 0 Å². The maximum absolute atomic E-state index is 12.6. The second-order valence-electron chi connectivity index (χ2n) is 4.10. The molecule has 0 aromatic heterocycles. The largest absolute Gasteiger partial charge is 0.479 e. The Bertz CT molecular complexity index is 385. The molecule has 0 saturated heterocycles. The predicted molar refractivity (Wildman–Crippen MR) is 57.0 cm³/mol. The Morgan fingerprint density at radius 3 is 2.11 bits per heavy atom. The van der Waals surface area contributed by atoms with Gasteiger partial charge in [-0.15, -0.1) is 0 Å². The van der Waals surface area contributed by atoms with Crippen LogP contribution in [-0.4, -0.2) is 40.8 Å². The van der Waals surface area contributed by atoms with Crippen LogP contribution >= 0.6 is 0 Å². The van der Waals surface area contributed by atoms with Crippen LogP contribution in [0, 0.1) is 0 Å². The van der Waals surface area contributed by atoms with E-state index in [1.54, 1.807) is 0 Å². The van der Waals surface area contributed by atoms with Crippen LogP contribution in [0.25, 0.3) is 0 Å². The van der Waals surface area contributed by atoms with Crippen molar-refractivity contribution in [1.29, 1.82) is 0 Å². The number of primary amides is 1. The minimum absolute atomic E-state index is 0.288. The third kappa shape index (κ3) is 4.64. The lowest BCUT2D eigenvalue weighted by molar-refractivity contribution is -0.203. The van der Waals surface area contributed by atoms with Gasteiger partial charge in [0.15, 0.2) is 0 Å². The third-order valence-electron chi connectivity index (χ3n) is 2.24. The Morgan fingerprint density at radius 1 is 1.32 bits per heavy atom. The summed E-state index contributed by atoms with van der Waals surface area (Å²) in [5, 5.41) is 11.8. The molecule has 0 aliphatic carbocycles. The fourth-order valence-corrected chi connectivity index (χ4v) is 1.09. The van der Waals surface area contributed by atoms with Gasteiger partial charge in [0, 0.05) is 12.5 Å². The van der Waals surface area contributed by atoms with E-state index in [2.05, 4.69) is 0 Å². The molecule has 0 bridgehead atoms. The van der Waals surface area contributed by atoms with Crippen molar-refractivity contribution in [2.24, 2.45) is 5.73 Å². The number of nitrogens with one attached hydrogen (secondary N) is 2. The van der Waals surface area contributed by atoms with E-state index >= 15 is 0 Å². The molecule has 0 aliphatic heterocycles. The molecule has 0 fully saturated rings. The number of hydrogen-bond acceptors (Lipinski definition) is 3. The van der Waals surface area contributed by atoms with Crippen molar-refractivity contribution in [3.63, 3.8) is 0 Å². The van der Waals surface area contributed by atoms with Crippen LogP contribution in [0.4, 0.5) is 18.0 Å². The lowest BCUT2D eigenvalue weighted by atomic mass is 10.0. The van der Waals surface area contributed by atoms with Gasteiger partial charge in [-0.3, -0.25) is 4.79 Å². The van der Waals surface area contributed by atoms with E-state index in [0.717, 1.165) is 0 Å². The van der Waals surface area contributed by atoms with Crippen molar-refractivity contribution < 1.29 is 32.7 Å². The van der Waals surface area contributed by atoms with E-state index in [1.165, 1.54) is 12.2 Å². The van der Waals surface area contributed by atoms with Crippen LogP contribution in [0.2, 0.25) is 0 Å². The number of urea groups is 1. The molecule has 0 heterocycles. The first-order valence-electron chi connectivity index (χ1n) is 5.07. The zero-order valence-electron chi connectivity index (χ0n) is 10.2. The van der Waals surface area contributed by atoms with Crippen LogP contribution < -0.4 is 16.4 Å². The van der Waals surface area contributed by atoms with Crippen LogP contribution in [0.1, 0.15) is 20.3 Å². The van der Waals surface area contributed by atoms with Crippen LogP contribution in [0.5, 0.6) is 0 Å². The SMILES string of the molecule is CC(CC(N)=O)NC(=O)NC(C)(C(=O)O)C(F)(F)F. The monoisotopic (exact) mass is 285 g/mol. The van der Waals surface area contributed by atoms with Crippen molar-refractivity contribution in [2.75, 3.05) is 0 Å². The quantitative estimate of drug-likeness (QED) is 0.566. The summed E-state index contributed by atoms with van der Waals surface area (Å²) >= 11 is 0. The minimum atomic E-state index is -5.18. The molecule has 10 heteroatoms. The summed E-state index contributed by atoms with van der Waals surface area (Å²) in [5.74, 6) is -3.01. The Balaban J connectivity index is 4.77. The Kier molecular flexibility index (Phi) is 5.15. The van der Waals surface area contributed by atoms with Gasteiger partial charge in [0.2, 0.25) is 11.4 Å². The van der Waals surface area contributed by atoms with Gasteiger partial charge in [-0.05, 0) is 13.8 Å². The molecule has 0 aliphatic rings. The number of carboxylic acids is 1. The summed E-state index contributed by atoms with van der Waals surface area (Å²) < 4.78 is 37.7. The Morgan fingerprint density at radius 2 is 1.79 bits per heavy atom. The smallest absolute Gasteiger partial charge is 0.422 e. The highest BCUT2D eigenvalue weighted by atomic mass is 19.4. The highest BCUT2D eigenvalue weighted by molar-refractivity contribution is 5.87. The first-order chi connectivity index (χ1) is 8.40. The fraction of sp³-hybridized carbons (Fsp3) is 0.667. The standard InChI is InChI=1S/C9H14F3N3O4/c1-4(3-5(13)16)14-7(19)15-8(2,6(17)18)9(10,11)12/h4H,3H2,1-2H3,(H2,13,16)(H,17,18)(H2,14,15,19). The number of carboxylic acid groups (broad SMARTS) is 1. The first kappa shape index (κ1) is 17.0. The second kappa shape index (κ2) is 5.76. The molecule has 0 spiro atoms. The summed E-state index contributed by atoms with van der Waals surface area (Å²) in [7, 11) is 0. The zero-order chi connectivity index (χ0) is 15.4. The van der Waals surface area contributed by atoms with E-state index in [9.17, 15) is 27.6 Å². The number of alkyl halides is 3. The van der Waals surface area contributed by atoms with Crippen molar-refractivity contribution in [2.45, 2.75) is 38.0 Å². The van der Waals surface area contributed by atoms with Gasteiger partial charge in [0.25, 0.3) is 0 Å². The summed E-state index contributed by atoms with van der Waals surface area (Å²) in [6, 6.07) is -2.19. The number of hydrogen-bond donors (Lipinski definition) is 4. The van der Waals surface area contributed by atoms with Crippen LogP contribution in [0.3, 0.4) is 0 Å². The third-order valence-corrected chi connectivity index (χ3v) is 2.24. The molecule has 3 amide bonds. The number of rotatable bonds is 5. The molecule has 19 heavy (non-hydrogen) atoms. The van der Waals surface area contributed by atoms with Gasteiger partial charge < -0.3 is 21.5 Å². The van der Waals surface area contributed by atoms with E-state index in [1.807, 2.05) is 5.32 Å². The first-order valence-corrected chi connectivity index (χ1v) is 5.07. The average molecular weight is 285 g/mol. The predicted octanol–water partition coefficient (Wildman–Crippen LogP) is -0.0449. The number of nitrogens with two attached hydrogens (primary N) is 1. The fourth-order valence-electron chi connectivity index (χ4n) is 1.09. The van der Waals surface area contributed by atoms with E-state index in [4.69, 9.17) is 10.8 Å². The highest BCUT2D eigenvalue weighted by Crippen LogP contribution is 2.30. The molecule has 0 aromatic carbocycles. The second-order valence-corrected chi connectivity index (χ2v) is 4.10. The van der Waals surface area contributed by atoms with Crippen molar-refractivity contribution in [1.82, 2.24) is 10.6 Å². The molecular formula is C9H14F3N3O4. The van der Waals surface area contributed by atoms with E-state index in [-0.39, 0.29) is 6.42 Å². The maximum atomic E-state index is 12.6. The van der Waals surface area contributed by atoms with Crippen molar-refractivity contribution >= 4 is 17.9 Å². The van der Waals surface area contributed by atoms with Gasteiger partial charge in [0.05, 0.1) is 0 Å². The molecule has 0 saturated carbocycles. The highest BCUT2D eigenvalue weighted by Gasteiger charge is 2.58. The normalized spacial score (nSPS) is 16.1. The van der Waals surface area contributed by atoms with Gasteiger partial charge in [-0.1, -0.05) is 0 Å². The van der Waals surface area contributed by atoms with E-state index < -0.39 is 35.7 Å². The molecule has 0 radical (unpaired) electrons. The number of aliphatic carboxylic acids is 1. The van der Waals surface area contributed by atoms with Gasteiger partial charge >= 0.3 is 18.2 Å². The number of carbonyl (C=O) groups is 3. The van der Waals surface area contributed by atoms with Gasteiger partial charge in [-0.2, -0.15) is 13.2 Å². The molecule has 7 nitrogen and oxygen atoms in total. The molecule has 5 N–H and O–H groups in total.